The van der Waals surface area contributed by atoms with Crippen molar-refractivity contribution in [3.05, 3.63) is 35.4 Å². The zero-order chi connectivity index (χ0) is 14.0. The first-order valence-corrected chi connectivity index (χ1v) is 6.60. The fourth-order valence-corrected chi connectivity index (χ4v) is 2.81. The van der Waals surface area contributed by atoms with E-state index in [1.165, 1.54) is 12.1 Å². The maximum atomic E-state index is 13.7. The summed E-state index contributed by atoms with van der Waals surface area (Å²) in [5, 5.41) is 9.49. The maximum Gasteiger partial charge on any atom is 0.309 e. The summed E-state index contributed by atoms with van der Waals surface area (Å²) in [7, 11) is 0. The van der Waals surface area contributed by atoms with Gasteiger partial charge in [0.15, 0.2) is 0 Å². The van der Waals surface area contributed by atoms with Gasteiger partial charge in [-0.05, 0) is 49.7 Å². The summed E-state index contributed by atoms with van der Waals surface area (Å²) >= 11 is 0. The number of aliphatic carboxylic acids is 1. The topological polar surface area (TPSA) is 37.3 Å². The highest BCUT2D eigenvalue weighted by atomic mass is 19.1. The van der Waals surface area contributed by atoms with Crippen LogP contribution >= 0.6 is 0 Å². The molecule has 1 aliphatic carbocycles. The van der Waals surface area contributed by atoms with Crippen molar-refractivity contribution >= 4 is 5.97 Å². The van der Waals surface area contributed by atoms with Crippen LogP contribution in [0, 0.1) is 23.0 Å². The first kappa shape index (κ1) is 14.0. The summed E-state index contributed by atoms with van der Waals surface area (Å²) in [4.78, 5) is 11.6. The Balaban J connectivity index is 2.24. The first-order chi connectivity index (χ1) is 8.93. The molecular formula is C15H18F2O2. The summed E-state index contributed by atoms with van der Waals surface area (Å²) < 4.78 is 26.6. The van der Waals surface area contributed by atoms with E-state index in [2.05, 4.69) is 6.92 Å². The Kier molecular flexibility index (Phi) is 3.88. The second kappa shape index (κ2) is 5.27. The van der Waals surface area contributed by atoms with Gasteiger partial charge in [-0.25, -0.2) is 8.78 Å². The molecule has 0 aromatic heterocycles. The molecule has 1 aliphatic rings. The van der Waals surface area contributed by atoms with Gasteiger partial charge in [0, 0.05) is 6.07 Å². The smallest absolute Gasteiger partial charge is 0.309 e. The Morgan fingerprint density at radius 2 is 2.00 bits per heavy atom. The number of hydrogen-bond donors (Lipinski definition) is 1. The number of halogens is 2. The lowest BCUT2D eigenvalue weighted by molar-refractivity contribution is -0.151. The van der Waals surface area contributed by atoms with Gasteiger partial charge in [-0.1, -0.05) is 13.0 Å². The standard InChI is InChI=1S/C15H18F2O2/c1-10-4-6-15(7-5-10,14(18)19)9-11-2-3-12(16)8-13(11)17/h2-3,8,10H,4-7,9H2,1H3,(H,18,19). The molecule has 0 bridgehead atoms. The van der Waals surface area contributed by atoms with Gasteiger partial charge in [0.2, 0.25) is 0 Å². The van der Waals surface area contributed by atoms with Gasteiger partial charge in [0.25, 0.3) is 0 Å². The van der Waals surface area contributed by atoms with Crippen LogP contribution < -0.4 is 0 Å². The van der Waals surface area contributed by atoms with E-state index in [1.807, 2.05) is 0 Å². The van der Waals surface area contributed by atoms with Gasteiger partial charge >= 0.3 is 5.97 Å². The molecule has 0 heterocycles. The summed E-state index contributed by atoms with van der Waals surface area (Å²) in [6.07, 6.45) is 2.94. The summed E-state index contributed by atoms with van der Waals surface area (Å²) in [6, 6.07) is 3.35. The van der Waals surface area contributed by atoms with E-state index in [0.29, 0.717) is 24.3 Å². The van der Waals surface area contributed by atoms with E-state index >= 15 is 0 Å². The first-order valence-electron chi connectivity index (χ1n) is 6.60. The molecule has 0 unspecified atom stereocenters. The highest BCUT2D eigenvalue weighted by molar-refractivity contribution is 5.75. The molecule has 0 aliphatic heterocycles. The van der Waals surface area contributed by atoms with Crippen molar-refractivity contribution in [1.29, 1.82) is 0 Å². The molecule has 1 aromatic carbocycles. The minimum Gasteiger partial charge on any atom is -0.481 e. The van der Waals surface area contributed by atoms with Gasteiger partial charge < -0.3 is 5.11 Å². The largest absolute Gasteiger partial charge is 0.481 e. The van der Waals surface area contributed by atoms with Crippen molar-refractivity contribution in [2.45, 2.75) is 39.0 Å². The van der Waals surface area contributed by atoms with Crippen molar-refractivity contribution in [2.24, 2.45) is 11.3 Å². The van der Waals surface area contributed by atoms with Gasteiger partial charge in [-0.15, -0.1) is 0 Å². The SMILES string of the molecule is CC1CCC(Cc2ccc(F)cc2F)(C(=O)O)CC1. The summed E-state index contributed by atoms with van der Waals surface area (Å²) in [5.74, 6) is -1.64. The number of rotatable bonds is 3. The third kappa shape index (κ3) is 2.94. The Bertz CT molecular complexity index is 477. The lowest BCUT2D eigenvalue weighted by Gasteiger charge is -2.36. The highest BCUT2D eigenvalue weighted by Crippen LogP contribution is 2.42. The van der Waals surface area contributed by atoms with Crippen LogP contribution in [0.2, 0.25) is 0 Å². The normalized spacial score (nSPS) is 27.2. The van der Waals surface area contributed by atoms with Crippen molar-refractivity contribution in [3.63, 3.8) is 0 Å². The Morgan fingerprint density at radius 3 is 2.53 bits per heavy atom. The van der Waals surface area contributed by atoms with E-state index in [1.54, 1.807) is 0 Å². The third-order valence-corrected chi connectivity index (χ3v) is 4.23. The fraction of sp³-hybridized carbons (Fsp3) is 0.533. The van der Waals surface area contributed by atoms with Crippen LogP contribution in [-0.2, 0) is 11.2 Å². The van der Waals surface area contributed by atoms with E-state index in [-0.39, 0.29) is 6.42 Å². The van der Waals surface area contributed by atoms with Crippen LogP contribution in [0.5, 0.6) is 0 Å². The van der Waals surface area contributed by atoms with Gasteiger partial charge in [0.05, 0.1) is 5.41 Å². The number of carbonyl (C=O) groups is 1. The molecular weight excluding hydrogens is 250 g/mol. The zero-order valence-electron chi connectivity index (χ0n) is 11.0. The minimum absolute atomic E-state index is 0.140. The summed E-state index contributed by atoms with van der Waals surface area (Å²) in [6.45, 7) is 2.10. The highest BCUT2D eigenvalue weighted by Gasteiger charge is 2.41. The predicted octanol–water partition coefficient (Wildman–Crippen LogP) is 3.79. The van der Waals surface area contributed by atoms with Crippen molar-refractivity contribution < 1.29 is 18.7 Å². The Hall–Kier alpha value is -1.45. The number of carboxylic acid groups (broad SMARTS) is 1. The van der Waals surface area contributed by atoms with Crippen LogP contribution in [0.25, 0.3) is 0 Å². The molecule has 0 radical (unpaired) electrons. The second-order valence-electron chi connectivity index (χ2n) is 5.68. The average molecular weight is 268 g/mol. The monoisotopic (exact) mass is 268 g/mol. The molecule has 0 amide bonds. The van der Waals surface area contributed by atoms with Crippen LogP contribution in [0.15, 0.2) is 18.2 Å². The molecule has 19 heavy (non-hydrogen) atoms. The van der Waals surface area contributed by atoms with Crippen LogP contribution in [-0.4, -0.2) is 11.1 Å². The lowest BCUT2D eigenvalue weighted by atomic mass is 9.68. The zero-order valence-corrected chi connectivity index (χ0v) is 11.0. The number of hydrogen-bond acceptors (Lipinski definition) is 1. The molecule has 2 rings (SSSR count). The Labute approximate surface area is 111 Å². The molecule has 2 nitrogen and oxygen atoms in total. The maximum absolute atomic E-state index is 13.7. The minimum atomic E-state index is -0.898. The summed E-state index contributed by atoms with van der Waals surface area (Å²) in [5.41, 5.74) is -0.607. The molecule has 0 saturated heterocycles. The molecule has 1 aromatic rings. The van der Waals surface area contributed by atoms with Crippen LogP contribution in [0.1, 0.15) is 38.2 Å². The Morgan fingerprint density at radius 1 is 1.37 bits per heavy atom. The molecule has 1 fully saturated rings. The van der Waals surface area contributed by atoms with Crippen molar-refractivity contribution in [2.75, 3.05) is 0 Å². The number of benzene rings is 1. The van der Waals surface area contributed by atoms with E-state index in [9.17, 15) is 18.7 Å². The molecule has 104 valence electrons. The number of carboxylic acids is 1. The van der Waals surface area contributed by atoms with Gasteiger partial charge in [-0.3, -0.25) is 4.79 Å². The van der Waals surface area contributed by atoms with Gasteiger partial charge in [0.1, 0.15) is 11.6 Å². The van der Waals surface area contributed by atoms with Crippen LogP contribution in [0.4, 0.5) is 8.78 Å². The third-order valence-electron chi connectivity index (χ3n) is 4.23. The average Bonchev–Trinajstić information content (AvgIpc) is 2.35. The van der Waals surface area contributed by atoms with Gasteiger partial charge in [-0.2, -0.15) is 0 Å². The molecule has 0 spiro atoms. The van der Waals surface area contributed by atoms with Crippen molar-refractivity contribution in [1.82, 2.24) is 0 Å². The molecule has 1 N–H and O–H groups in total. The quantitative estimate of drug-likeness (QED) is 0.905. The molecule has 4 heteroatoms. The van der Waals surface area contributed by atoms with Crippen LogP contribution in [0.3, 0.4) is 0 Å². The van der Waals surface area contributed by atoms with Crippen molar-refractivity contribution in [3.8, 4) is 0 Å². The molecule has 0 atom stereocenters. The van der Waals surface area contributed by atoms with E-state index < -0.39 is 23.0 Å². The predicted molar refractivity (Wildman–Crippen MR) is 67.8 cm³/mol. The fourth-order valence-electron chi connectivity index (χ4n) is 2.81. The lowest BCUT2D eigenvalue weighted by Crippen LogP contribution is -2.37. The molecule has 1 saturated carbocycles. The van der Waals surface area contributed by atoms with E-state index in [0.717, 1.165) is 18.9 Å². The second-order valence-corrected chi connectivity index (χ2v) is 5.68. The van der Waals surface area contributed by atoms with E-state index in [4.69, 9.17) is 0 Å².